The number of hydrogen-bond acceptors (Lipinski definition) is 2. The molecule has 2 aromatic carbocycles. The van der Waals surface area contributed by atoms with Crippen molar-refractivity contribution in [3.05, 3.63) is 66.1 Å². The van der Waals surface area contributed by atoms with E-state index in [2.05, 4.69) is 42.2 Å². The van der Waals surface area contributed by atoms with Gasteiger partial charge in [-0.3, -0.25) is 4.98 Å². The van der Waals surface area contributed by atoms with Crippen LogP contribution in [0.1, 0.15) is 12.0 Å². The molecular formula is C20H23Cl2FN2. The molecule has 25 heavy (non-hydrogen) atoms. The summed E-state index contributed by atoms with van der Waals surface area (Å²) in [5, 5.41) is 1.16. The highest BCUT2D eigenvalue weighted by Gasteiger charge is 2.06. The first-order valence-corrected chi connectivity index (χ1v) is 7.92. The maximum atomic E-state index is 13.5. The van der Waals surface area contributed by atoms with Gasteiger partial charge in [0.1, 0.15) is 5.82 Å². The Morgan fingerprint density at radius 3 is 2.44 bits per heavy atom. The van der Waals surface area contributed by atoms with Crippen molar-refractivity contribution in [2.75, 3.05) is 20.6 Å². The van der Waals surface area contributed by atoms with Crippen LogP contribution < -0.4 is 0 Å². The molecule has 0 amide bonds. The van der Waals surface area contributed by atoms with E-state index in [9.17, 15) is 4.39 Å². The van der Waals surface area contributed by atoms with E-state index in [-0.39, 0.29) is 30.6 Å². The fraction of sp³-hybridized carbons (Fsp3) is 0.250. The third kappa shape index (κ3) is 5.40. The lowest BCUT2D eigenvalue weighted by atomic mass is 10.00. The fourth-order valence-electron chi connectivity index (χ4n) is 2.84. The molecule has 2 nitrogen and oxygen atoms in total. The molecular weight excluding hydrogens is 358 g/mol. The Bertz CT molecular complexity index is 822. The first kappa shape index (κ1) is 21.4. The van der Waals surface area contributed by atoms with E-state index in [1.807, 2.05) is 18.3 Å². The zero-order valence-corrected chi connectivity index (χ0v) is 16.0. The van der Waals surface area contributed by atoms with E-state index >= 15 is 0 Å². The summed E-state index contributed by atoms with van der Waals surface area (Å²) in [6, 6.07) is 15.0. The average molecular weight is 381 g/mol. The molecule has 0 bridgehead atoms. The minimum atomic E-state index is -0.220. The summed E-state index contributed by atoms with van der Waals surface area (Å²) in [7, 11) is 4.18. The van der Waals surface area contributed by atoms with Gasteiger partial charge >= 0.3 is 0 Å². The van der Waals surface area contributed by atoms with Crippen molar-refractivity contribution in [2.45, 2.75) is 12.8 Å². The normalized spacial score (nSPS) is 10.4. The quantitative estimate of drug-likeness (QED) is 0.590. The Labute approximate surface area is 160 Å². The van der Waals surface area contributed by atoms with E-state index < -0.39 is 0 Å². The summed E-state index contributed by atoms with van der Waals surface area (Å²) in [4.78, 5) is 6.75. The highest BCUT2D eigenvalue weighted by atomic mass is 35.5. The second-order valence-corrected chi connectivity index (χ2v) is 6.12. The van der Waals surface area contributed by atoms with Crippen LogP contribution >= 0.6 is 24.8 Å². The standard InChI is InChI=1S/C20H21FN2.2ClH/c1-23(2)11-5-8-15-6-4-10-20-19(15)13-17(14-22-20)16-7-3-9-18(21)12-16;;/h3-4,6-7,9-10,12-14H,5,8,11H2,1-2H3;2*1H. The number of rotatable bonds is 5. The molecule has 0 fully saturated rings. The molecule has 3 aromatic rings. The zero-order chi connectivity index (χ0) is 16.2. The molecule has 1 aromatic heterocycles. The van der Waals surface area contributed by atoms with Crippen LogP contribution in [0.5, 0.6) is 0 Å². The summed E-state index contributed by atoms with van der Waals surface area (Å²) in [6.07, 6.45) is 3.95. The van der Waals surface area contributed by atoms with Gasteiger partial charge in [-0.15, -0.1) is 24.8 Å². The molecule has 0 aliphatic carbocycles. The van der Waals surface area contributed by atoms with Gasteiger partial charge in [-0.05, 0) is 68.9 Å². The van der Waals surface area contributed by atoms with Gasteiger partial charge in [0, 0.05) is 17.1 Å². The molecule has 0 unspecified atom stereocenters. The summed E-state index contributed by atoms with van der Waals surface area (Å²) < 4.78 is 13.5. The van der Waals surface area contributed by atoms with Crippen LogP contribution in [0.3, 0.4) is 0 Å². The third-order valence-corrected chi connectivity index (χ3v) is 4.03. The number of aryl methyl sites for hydroxylation is 1. The number of benzene rings is 2. The molecule has 0 aliphatic rings. The lowest BCUT2D eigenvalue weighted by Crippen LogP contribution is -2.13. The Balaban J connectivity index is 0.00000156. The summed E-state index contributed by atoms with van der Waals surface area (Å²) in [6.45, 7) is 1.06. The first-order valence-electron chi connectivity index (χ1n) is 7.92. The molecule has 0 saturated heterocycles. The molecule has 0 N–H and O–H groups in total. The van der Waals surface area contributed by atoms with Gasteiger partial charge in [0.25, 0.3) is 0 Å². The van der Waals surface area contributed by atoms with Crippen molar-refractivity contribution < 1.29 is 4.39 Å². The largest absolute Gasteiger partial charge is 0.309 e. The Morgan fingerprint density at radius 2 is 1.72 bits per heavy atom. The lowest BCUT2D eigenvalue weighted by molar-refractivity contribution is 0.400. The van der Waals surface area contributed by atoms with Gasteiger partial charge in [0.05, 0.1) is 5.52 Å². The molecule has 0 aliphatic heterocycles. The van der Waals surface area contributed by atoms with Gasteiger partial charge in [-0.25, -0.2) is 4.39 Å². The van der Waals surface area contributed by atoms with E-state index in [0.29, 0.717) is 0 Å². The van der Waals surface area contributed by atoms with Crippen LogP contribution in [-0.2, 0) is 6.42 Å². The van der Waals surface area contributed by atoms with Crippen LogP contribution in [0.25, 0.3) is 22.0 Å². The van der Waals surface area contributed by atoms with Gasteiger partial charge in [-0.2, -0.15) is 0 Å². The topological polar surface area (TPSA) is 16.1 Å². The van der Waals surface area contributed by atoms with Crippen LogP contribution in [0, 0.1) is 5.82 Å². The molecule has 0 radical (unpaired) electrons. The number of fused-ring (bicyclic) bond motifs is 1. The number of pyridine rings is 1. The van der Waals surface area contributed by atoms with Crippen molar-refractivity contribution in [2.24, 2.45) is 0 Å². The van der Waals surface area contributed by atoms with Crippen LogP contribution in [0.4, 0.5) is 4.39 Å². The Morgan fingerprint density at radius 1 is 0.960 bits per heavy atom. The minimum Gasteiger partial charge on any atom is -0.309 e. The van der Waals surface area contributed by atoms with Crippen molar-refractivity contribution in [3.8, 4) is 11.1 Å². The smallest absolute Gasteiger partial charge is 0.123 e. The van der Waals surface area contributed by atoms with Gasteiger partial charge < -0.3 is 4.90 Å². The molecule has 5 heteroatoms. The number of nitrogens with zero attached hydrogens (tertiary/aromatic N) is 2. The monoisotopic (exact) mass is 380 g/mol. The number of aromatic nitrogens is 1. The minimum absolute atomic E-state index is 0. The summed E-state index contributed by atoms with van der Waals surface area (Å²) >= 11 is 0. The molecule has 0 atom stereocenters. The van der Waals surface area contributed by atoms with E-state index in [4.69, 9.17) is 0 Å². The summed E-state index contributed by atoms with van der Waals surface area (Å²) in [5.74, 6) is -0.220. The van der Waals surface area contributed by atoms with Crippen molar-refractivity contribution in [1.82, 2.24) is 9.88 Å². The molecule has 0 spiro atoms. The van der Waals surface area contributed by atoms with E-state index in [1.165, 1.54) is 11.6 Å². The third-order valence-electron chi connectivity index (χ3n) is 4.03. The molecule has 134 valence electrons. The maximum absolute atomic E-state index is 13.5. The van der Waals surface area contributed by atoms with E-state index in [1.54, 1.807) is 12.1 Å². The summed E-state index contributed by atoms with van der Waals surface area (Å²) in [5.41, 5.74) is 4.11. The van der Waals surface area contributed by atoms with Crippen LogP contribution in [-0.4, -0.2) is 30.5 Å². The maximum Gasteiger partial charge on any atom is 0.123 e. The SMILES string of the molecule is CN(C)CCCc1cccc2ncc(-c3cccc(F)c3)cc12.Cl.Cl. The van der Waals surface area contributed by atoms with Crippen molar-refractivity contribution >= 4 is 35.7 Å². The second-order valence-electron chi connectivity index (χ2n) is 6.12. The van der Waals surface area contributed by atoms with Crippen LogP contribution in [0.15, 0.2) is 54.7 Å². The van der Waals surface area contributed by atoms with E-state index in [0.717, 1.165) is 41.4 Å². The predicted octanol–water partition coefficient (Wildman–Crippen LogP) is 5.38. The number of hydrogen-bond donors (Lipinski definition) is 0. The molecule has 3 rings (SSSR count). The highest BCUT2D eigenvalue weighted by molar-refractivity contribution is 5.86. The van der Waals surface area contributed by atoms with Gasteiger partial charge in [0.15, 0.2) is 0 Å². The number of halogens is 3. The highest BCUT2D eigenvalue weighted by Crippen LogP contribution is 2.26. The average Bonchev–Trinajstić information content (AvgIpc) is 2.54. The van der Waals surface area contributed by atoms with Gasteiger partial charge in [-0.1, -0.05) is 24.3 Å². The Kier molecular flexibility index (Phi) is 8.30. The Hall–Kier alpha value is -1.68. The second kappa shape index (κ2) is 9.71. The van der Waals surface area contributed by atoms with Crippen molar-refractivity contribution in [1.29, 1.82) is 0 Å². The first-order chi connectivity index (χ1) is 11.1. The molecule has 1 heterocycles. The zero-order valence-electron chi connectivity index (χ0n) is 14.4. The van der Waals surface area contributed by atoms with Gasteiger partial charge in [0.2, 0.25) is 0 Å². The lowest BCUT2D eigenvalue weighted by Gasteiger charge is -2.11. The predicted molar refractivity (Wildman–Crippen MR) is 109 cm³/mol. The van der Waals surface area contributed by atoms with Crippen LogP contribution in [0.2, 0.25) is 0 Å². The molecule has 0 saturated carbocycles. The fourth-order valence-corrected chi connectivity index (χ4v) is 2.84. The van der Waals surface area contributed by atoms with Crippen molar-refractivity contribution in [3.63, 3.8) is 0 Å².